The Morgan fingerprint density at radius 1 is 1.23 bits per heavy atom. The van der Waals surface area contributed by atoms with Crippen molar-refractivity contribution in [2.75, 3.05) is 0 Å². The summed E-state index contributed by atoms with van der Waals surface area (Å²) in [6, 6.07) is 1.53. The summed E-state index contributed by atoms with van der Waals surface area (Å²) in [6.07, 6.45) is 3.46. The van der Waals surface area contributed by atoms with Gasteiger partial charge in [0.05, 0.1) is 5.39 Å². The summed E-state index contributed by atoms with van der Waals surface area (Å²) >= 11 is 0. The first kappa shape index (κ1) is 9.58. The molecule has 2 rings (SSSR count). The number of aromatic nitrogens is 2. The van der Waals surface area contributed by atoms with E-state index in [4.69, 9.17) is 0 Å². The fourth-order valence-corrected chi connectivity index (χ4v) is 1.24. The van der Waals surface area contributed by atoms with Crippen molar-refractivity contribution in [2.24, 2.45) is 0 Å². The Kier molecular flexibility index (Phi) is 2.90. The first-order chi connectivity index (χ1) is 6.29. The van der Waals surface area contributed by atoms with Crippen LogP contribution in [0.2, 0.25) is 0 Å². The summed E-state index contributed by atoms with van der Waals surface area (Å²) in [5, 5.41) is 0.757. The number of pyridine rings is 1. The molecule has 0 fully saturated rings. The zero-order valence-corrected chi connectivity index (χ0v) is 8.14. The maximum atomic E-state index is 11.2. The Labute approximate surface area is 76.8 Å². The average molecular weight is 178 g/mol. The van der Waals surface area contributed by atoms with Crippen molar-refractivity contribution in [3.05, 3.63) is 34.2 Å². The molecule has 3 heteroatoms. The van der Waals surface area contributed by atoms with Gasteiger partial charge in [-0.1, -0.05) is 13.8 Å². The standard InChI is InChI=1S/C8H8N2O.C2H6/c1-5-4-10-8-7(5)6(11)2-3-9-8;1-2/h2-4H,1H3,(H2,9,10,11);1-2H3. The highest BCUT2D eigenvalue weighted by molar-refractivity contribution is 5.78. The minimum absolute atomic E-state index is 0.0671. The summed E-state index contributed by atoms with van der Waals surface area (Å²) in [5.74, 6) is 0. The van der Waals surface area contributed by atoms with Crippen molar-refractivity contribution in [3.8, 4) is 0 Å². The molecule has 2 N–H and O–H groups in total. The highest BCUT2D eigenvalue weighted by Crippen LogP contribution is 2.08. The molecular weight excluding hydrogens is 164 g/mol. The molecule has 2 heterocycles. The summed E-state index contributed by atoms with van der Waals surface area (Å²) in [5.41, 5.74) is 1.86. The van der Waals surface area contributed by atoms with Gasteiger partial charge in [0.25, 0.3) is 0 Å². The van der Waals surface area contributed by atoms with Crippen molar-refractivity contribution in [1.82, 2.24) is 9.97 Å². The van der Waals surface area contributed by atoms with E-state index >= 15 is 0 Å². The lowest BCUT2D eigenvalue weighted by Crippen LogP contribution is -1.98. The van der Waals surface area contributed by atoms with Crippen LogP contribution in [0.15, 0.2) is 23.3 Å². The molecule has 3 nitrogen and oxygen atoms in total. The second kappa shape index (κ2) is 3.94. The van der Waals surface area contributed by atoms with Crippen LogP contribution in [0.5, 0.6) is 0 Å². The van der Waals surface area contributed by atoms with Gasteiger partial charge in [0.15, 0.2) is 5.43 Å². The molecule has 70 valence electrons. The Morgan fingerprint density at radius 2 is 1.92 bits per heavy atom. The van der Waals surface area contributed by atoms with Crippen LogP contribution in [-0.4, -0.2) is 9.97 Å². The van der Waals surface area contributed by atoms with Crippen molar-refractivity contribution >= 4 is 11.0 Å². The van der Waals surface area contributed by atoms with Crippen LogP contribution in [0.1, 0.15) is 19.4 Å². The number of fused-ring (bicyclic) bond motifs is 1. The number of hydrogen-bond acceptors (Lipinski definition) is 1. The van der Waals surface area contributed by atoms with Gasteiger partial charge in [-0.15, -0.1) is 0 Å². The molecule has 0 unspecified atom stereocenters. The van der Waals surface area contributed by atoms with Gasteiger partial charge >= 0.3 is 0 Å². The number of aromatic amines is 2. The van der Waals surface area contributed by atoms with Crippen LogP contribution in [0.3, 0.4) is 0 Å². The monoisotopic (exact) mass is 178 g/mol. The molecule has 0 saturated carbocycles. The second-order valence-electron chi connectivity index (χ2n) is 2.56. The van der Waals surface area contributed by atoms with Crippen LogP contribution in [0, 0.1) is 6.92 Å². The van der Waals surface area contributed by atoms with Crippen molar-refractivity contribution in [1.29, 1.82) is 0 Å². The molecule has 0 amide bonds. The number of nitrogens with one attached hydrogen (secondary N) is 2. The lowest BCUT2D eigenvalue weighted by atomic mass is 10.2. The quantitative estimate of drug-likeness (QED) is 0.638. The largest absolute Gasteiger partial charge is 0.347 e. The van der Waals surface area contributed by atoms with E-state index in [2.05, 4.69) is 9.97 Å². The Hall–Kier alpha value is -1.51. The first-order valence-corrected chi connectivity index (χ1v) is 4.44. The number of rotatable bonds is 0. The van der Waals surface area contributed by atoms with Crippen LogP contribution >= 0.6 is 0 Å². The number of H-pyrrole nitrogens is 2. The van der Waals surface area contributed by atoms with Gasteiger partial charge < -0.3 is 9.97 Å². The van der Waals surface area contributed by atoms with E-state index in [1.807, 2.05) is 27.0 Å². The number of aryl methyl sites for hydroxylation is 1. The van der Waals surface area contributed by atoms with E-state index in [1.165, 1.54) is 6.07 Å². The molecule has 0 aromatic carbocycles. The van der Waals surface area contributed by atoms with E-state index in [0.29, 0.717) is 0 Å². The summed E-state index contributed by atoms with van der Waals surface area (Å²) in [6.45, 7) is 5.91. The first-order valence-electron chi connectivity index (χ1n) is 4.44. The summed E-state index contributed by atoms with van der Waals surface area (Å²) in [7, 11) is 0. The number of hydrogen-bond donors (Lipinski definition) is 2. The van der Waals surface area contributed by atoms with E-state index in [0.717, 1.165) is 16.6 Å². The minimum atomic E-state index is 0.0671. The molecule has 2 aromatic heterocycles. The maximum Gasteiger partial charge on any atom is 0.191 e. The van der Waals surface area contributed by atoms with Crippen molar-refractivity contribution < 1.29 is 0 Å². The third kappa shape index (κ3) is 1.64. The van der Waals surface area contributed by atoms with Gasteiger partial charge in [-0.3, -0.25) is 4.79 Å². The SMILES string of the molecule is CC.Cc1c[nH]c2[nH]ccc(=O)c12. The van der Waals surface area contributed by atoms with Crippen LogP contribution in [0.25, 0.3) is 11.0 Å². The van der Waals surface area contributed by atoms with E-state index in [9.17, 15) is 4.79 Å². The highest BCUT2D eigenvalue weighted by Gasteiger charge is 2.01. The highest BCUT2D eigenvalue weighted by atomic mass is 16.1. The molecule has 0 aliphatic heterocycles. The predicted molar refractivity (Wildman–Crippen MR) is 55.0 cm³/mol. The summed E-state index contributed by atoms with van der Waals surface area (Å²) in [4.78, 5) is 17.2. The smallest absolute Gasteiger partial charge is 0.191 e. The zero-order valence-electron chi connectivity index (χ0n) is 8.14. The Balaban J connectivity index is 0.000000396. The van der Waals surface area contributed by atoms with E-state index < -0.39 is 0 Å². The van der Waals surface area contributed by atoms with Gasteiger partial charge in [0.2, 0.25) is 0 Å². The lowest BCUT2D eigenvalue weighted by molar-refractivity contribution is 1.31. The fraction of sp³-hybridized carbons (Fsp3) is 0.300. The van der Waals surface area contributed by atoms with Crippen molar-refractivity contribution in [3.63, 3.8) is 0 Å². The van der Waals surface area contributed by atoms with Gasteiger partial charge in [-0.2, -0.15) is 0 Å². The molecular formula is C10H14N2O. The van der Waals surface area contributed by atoms with Gasteiger partial charge in [0.1, 0.15) is 5.65 Å². The molecule has 13 heavy (non-hydrogen) atoms. The third-order valence-electron chi connectivity index (χ3n) is 1.79. The third-order valence-corrected chi connectivity index (χ3v) is 1.79. The summed E-state index contributed by atoms with van der Waals surface area (Å²) < 4.78 is 0. The van der Waals surface area contributed by atoms with Crippen LogP contribution in [0.4, 0.5) is 0 Å². The fourth-order valence-electron chi connectivity index (χ4n) is 1.24. The molecule has 0 aliphatic rings. The topological polar surface area (TPSA) is 48.6 Å². The van der Waals surface area contributed by atoms with E-state index in [-0.39, 0.29) is 5.43 Å². The molecule has 0 atom stereocenters. The zero-order chi connectivity index (χ0) is 9.84. The average Bonchev–Trinajstić information content (AvgIpc) is 2.53. The van der Waals surface area contributed by atoms with Crippen LogP contribution in [-0.2, 0) is 0 Å². The molecule has 0 bridgehead atoms. The van der Waals surface area contributed by atoms with Gasteiger partial charge in [-0.05, 0) is 12.5 Å². The van der Waals surface area contributed by atoms with Gasteiger partial charge in [0, 0.05) is 18.5 Å². The van der Waals surface area contributed by atoms with Crippen molar-refractivity contribution in [2.45, 2.75) is 20.8 Å². The molecule has 0 spiro atoms. The normalized spacial score (nSPS) is 9.46. The Morgan fingerprint density at radius 3 is 2.54 bits per heavy atom. The van der Waals surface area contributed by atoms with E-state index in [1.54, 1.807) is 6.20 Å². The molecule has 0 saturated heterocycles. The Bertz CT molecular complexity index is 439. The predicted octanol–water partition coefficient (Wildman–Crippen LogP) is 2.19. The maximum absolute atomic E-state index is 11.2. The molecule has 2 aromatic rings. The minimum Gasteiger partial charge on any atom is -0.347 e. The molecule has 0 radical (unpaired) electrons. The van der Waals surface area contributed by atoms with Gasteiger partial charge in [-0.25, -0.2) is 0 Å². The van der Waals surface area contributed by atoms with Crippen LogP contribution < -0.4 is 5.43 Å². The lowest BCUT2D eigenvalue weighted by Gasteiger charge is -1.87. The second-order valence-corrected chi connectivity index (χ2v) is 2.56. The molecule has 0 aliphatic carbocycles.